The number of likely N-dealkylation sites (N-methyl/N-ethyl adjacent to an activating group) is 1. The van der Waals surface area contributed by atoms with Gasteiger partial charge >= 0.3 is 0 Å². The smallest absolute Gasteiger partial charge is 0.134 e. The lowest BCUT2D eigenvalue weighted by molar-refractivity contribution is 0.337. The van der Waals surface area contributed by atoms with Crippen molar-refractivity contribution in [3.05, 3.63) is 12.4 Å². The summed E-state index contributed by atoms with van der Waals surface area (Å²) in [6.07, 6.45) is 2.83. The van der Waals surface area contributed by atoms with Crippen LogP contribution < -0.4 is 15.5 Å². The number of aromatic nitrogens is 2. The van der Waals surface area contributed by atoms with Crippen LogP contribution in [0.5, 0.6) is 0 Å². The van der Waals surface area contributed by atoms with Crippen molar-refractivity contribution < 1.29 is 0 Å². The van der Waals surface area contributed by atoms with Crippen LogP contribution in [0.3, 0.4) is 0 Å². The van der Waals surface area contributed by atoms with E-state index in [1.165, 1.54) is 6.42 Å². The molecule has 1 fully saturated rings. The largest absolute Gasteiger partial charge is 0.373 e. The maximum Gasteiger partial charge on any atom is 0.134 e. The molecule has 1 aliphatic heterocycles. The molecular weight excluding hydrogens is 214 g/mol. The summed E-state index contributed by atoms with van der Waals surface area (Å²) in [6.45, 7) is 4.45. The molecule has 2 N–H and O–H groups in total. The Morgan fingerprint density at radius 2 is 2.29 bits per heavy atom. The molecule has 0 unspecified atom stereocenters. The molecule has 94 valence electrons. The third kappa shape index (κ3) is 2.66. The SMILES string of the molecule is CNc1cc(N(C)[C@H]2CNCC[C@H]2C)ncn1. The van der Waals surface area contributed by atoms with E-state index in [0.29, 0.717) is 12.0 Å². The number of anilines is 2. The predicted molar refractivity (Wildman–Crippen MR) is 70.4 cm³/mol. The predicted octanol–water partition coefficient (Wildman–Crippen LogP) is 0.952. The number of hydrogen-bond donors (Lipinski definition) is 2. The molecule has 0 radical (unpaired) electrons. The average molecular weight is 235 g/mol. The van der Waals surface area contributed by atoms with Gasteiger partial charge in [0.15, 0.2) is 0 Å². The maximum absolute atomic E-state index is 4.34. The van der Waals surface area contributed by atoms with Gasteiger partial charge in [0.25, 0.3) is 0 Å². The van der Waals surface area contributed by atoms with E-state index in [0.717, 1.165) is 24.7 Å². The van der Waals surface area contributed by atoms with Gasteiger partial charge in [0.1, 0.15) is 18.0 Å². The molecule has 0 aliphatic carbocycles. The topological polar surface area (TPSA) is 53.1 Å². The molecule has 2 heterocycles. The zero-order valence-corrected chi connectivity index (χ0v) is 10.8. The standard InChI is InChI=1S/C12H21N5/c1-9-4-5-14-7-10(9)17(3)12-6-11(13-2)15-8-16-12/h6,8-10,14H,4-5,7H2,1-3H3,(H,13,15,16)/t9-,10+/m1/s1. The van der Waals surface area contributed by atoms with Crippen LogP contribution in [-0.4, -0.2) is 43.2 Å². The molecule has 5 nitrogen and oxygen atoms in total. The molecule has 2 rings (SSSR count). The highest BCUT2D eigenvalue weighted by atomic mass is 15.2. The Bertz CT molecular complexity index is 368. The lowest BCUT2D eigenvalue weighted by Gasteiger charge is -2.37. The summed E-state index contributed by atoms with van der Waals surface area (Å²) in [5.41, 5.74) is 0. The Balaban J connectivity index is 2.14. The number of piperidine rings is 1. The van der Waals surface area contributed by atoms with E-state index in [-0.39, 0.29) is 0 Å². The molecular formula is C12H21N5. The van der Waals surface area contributed by atoms with E-state index in [4.69, 9.17) is 0 Å². The van der Waals surface area contributed by atoms with Gasteiger partial charge in [-0.15, -0.1) is 0 Å². The Labute approximate surface area is 103 Å². The van der Waals surface area contributed by atoms with Crippen molar-refractivity contribution in [1.29, 1.82) is 0 Å². The van der Waals surface area contributed by atoms with Gasteiger partial charge in [-0.3, -0.25) is 0 Å². The van der Waals surface area contributed by atoms with Crippen molar-refractivity contribution >= 4 is 11.6 Å². The van der Waals surface area contributed by atoms with E-state index in [1.54, 1.807) is 6.33 Å². The first-order valence-corrected chi connectivity index (χ1v) is 6.15. The summed E-state index contributed by atoms with van der Waals surface area (Å²) in [7, 11) is 3.98. The summed E-state index contributed by atoms with van der Waals surface area (Å²) in [5.74, 6) is 2.53. The van der Waals surface area contributed by atoms with Crippen LogP contribution in [0.15, 0.2) is 12.4 Å². The van der Waals surface area contributed by atoms with E-state index < -0.39 is 0 Å². The molecule has 5 heteroatoms. The van der Waals surface area contributed by atoms with Crippen LogP contribution in [0.1, 0.15) is 13.3 Å². The van der Waals surface area contributed by atoms with E-state index >= 15 is 0 Å². The van der Waals surface area contributed by atoms with Gasteiger partial charge in [-0.25, -0.2) is 9.97 Å². The van der Waals surface area contributed by atoms with Crippen molar-refractivity contribution in [3.63, 3.8) is 0 Å². The second-order valence-electron chi connectivity index (χ2n) is 4.66. The molecule has 0 saturated carbocycles. The van der Waals surface area contributed by atoms with Gasteiger partial charge in [0, 0.05) is 32.7 Å². The number of nitrogens with zero attached hydrogens (tertiary/aromatic N) is 3. The van der Waals surface area contributed by atoms with Gasteiger partial charge < -0.3 is 15.5 Å². The Morgan fingerprint density at radius 1 is 1.47 bits per heavy atom. The van der Waals surface area contributed by atoms with Crippen molar-refractivity contribution in [2.45, 2.75) is 19.4 Å². The molecule has 1 aromatic rings. The zero-order valence-electron chi connectivity index (χ0n) is 10.8. The van der Waals surface area contributed by atoms with Crippen molar-refractivity contribution in [2.75, 3.05) is 37.4 Å². The first-order valence-electron chi connectivity index (χ1n) is 6.15. The Kier molecular flexibility index (Phi) is 3.78. The van der Waals surface area contributed by atoms with Crippen LogP contribution in [0.4, 0.5) is 11.6 Å². The fourth-order valence-electron chi connectivity index (χ4n) is 2.34. The first kappa shape index (κ1) is 12.1. The third-order valence-electron chi connectivity index (χ3n) is 3.55. The Hall–Kier alpha value is -1.36. The third-order valence-corrected chi connectivity index (χ3v) is 3.55. The molecule has 1 aromatic heterocycles. The van der Waals surface area contributed by atoms with Crippen LogP contribution in [0.2, 0.25) is 0 Å². The van der Waals surface area contributed by atoms with Crippen LogP contribution in [0, 0.1) is 5.92 Å². The summed E-state index contributed by atoms with van der Waals surface area (Å²) >= 11 is 0. The van der Waals surface area contributed by atoms with E-state index in [1.807, 2.05) is 13.1 Å². The van der Waals surface area contributed by atoms with Gasteiger partial charge in [-0.2, -0.15) is 0 Å². The van der Waals surface area contributed by atoms with Gasteiger partial charge in [-0.05, 0) is 18.9 Å². The van der Waals surface area contributed by atoms with Gasteiger partial charge in [0.2, 0.25) is 0 Å². The monoisotopic (exact) mass is 235 g/mol. The fraction of sp³-hybridized carbons (Fsp3) is 0.667. The second-order valence-corrected chi connectivity index (χ2v) is 4.66. The summed E-state index contributed by atoms with van der Waals surface area (Å²) in [6, 6.07) is 2.49. The normalized spacial score (nSPS) is 24.4. The second kappa shape index (κ2) is 5.31. The molecule has 1 aliphatic rings. The van der Waals surface area contributed by atoms with Gasteiger partial charge in [-0.1, -0.05) is 6.92 Å². The van der Waals surface area contributed by atoms with Crippen LogP contribution >= 0.6 is 0 Å². The number of hydrogen-bond acceptors (Lipinski definition) is 5. The summed E-state index contributed by atoms with van der Waals surface area (Å²) in [4.78, 5) is 10.7. The van der Waals surface area contributed by atoms with E-state index in [2.05, 4.69) is 39.5 Å². The summed E-state index contributed by atoms with van der Waals surface area (Å²) < 4.78 is 0. The van der Waals surface area contributed by atoms with Crippen LogP contribution in [0.25, 0.3) is 0 Å². The lowest BCUT2D eigenvalue weighted by Crippen LogP contribution is -2.49. The highest BCUT2D eigenvalue weighted by Gasteiger charge is 2.25. The Morgan fingerprint density at radius 3 is 3.00 bits per heavy atom. The molecule has 2 atom stereocenters. The maximum atomic E-state index is 4.34. The minimum Gasteiger partial charge on any atom is -0.373 e. The summed E-state index contributed by atoms with van der Waals surface area (Å²) in [5, 5.41) is 6.49. The van der Waals surface area contributed by atoms with E-state index in [9.17, 15) is 0 Å². The number of nitrogens with one attached hydrogen (secondary N) is 2. The van der Waals surface area contributed by atoms with Crippen LogP contribution in [-0.2, 0) is 0 Å². The highest BCUT2D eigenvalue weighted by molar-refractivity contribution is 5.48. The molecule has 0 amide bonds. The minimum atomic E-state index is 0.503. The molecule has 1 saturated heterocycles. The van der Waals surface area contributed by atoms with Crippen molar-refractivity contribution in [1.82, 2.24) is 15.3 Å². The average Bonchev–Trinajstić information content (AvgIpc) is 2.38. The molecule has 0 bridgehead atoms. The highest BCUT2D eigenvalue weighted by Crippen LogP contribution is 2.22. The first-order chi connectivity index (χ1) is 8.22. The van der Waals surface area contributed by atoms with Gasteiger partial charge in [0.05, 0.1) is 0 Å². The zero-order chi connectivity index (χ0) is 12.3. The lowest BCUT2D eigenvalue weighted by atomic mass is 9.94. The fourth-order valence-corrected chi connectivity index (χ4v) is 2.34. The molecule has 17 heavy (non-hydrogen) atoms. The number of rotatable bonds is 3. The minimum absolute atomic E-state index is 0.503. The van der Waals surface area contributed by atoms with Crippen molar-refractivity contribution in [2.24, 2.45) is 5.92 Å². The molecule has 0 aromatic carbocycles. The van der Waals surface area contributed by atoms with Crippen molar-refractivity contribution in [3.8, 4) is 0 Å². The quantitative estimate of drug-likeness (QED) is 0.817. The molecule has 0 spiro atoms.